The summed E-state index contributed by atoms with van der Waals surface area (Å²) in [5, 5.41) is 2.95. The predicted molar refractivity (Wildman–Crippen MR) is 105 cm³/mol. The number of para-hydroxylation sites is 1. The van der Waals surface area contributed by atoms with Crippen LogP contribution in [0.4, 0.5) is 10.5 Å². The van der Waals surface area contributed by atoms with Gasteiger partial charge in [0.15, 0.2) is 0 Å². The summed E-state index contributed by atoms with van der Waals surface area (Å²) in [6.45, 7) is 3.00. The molecule has 2 aliphatic heterocycles. The number of carbonyl (C=O) groups is 2. The smallest absolute Gasteiger partial charge is 0.321 e. The van der Waals surface area contributed by atoms with Crippen molar-refractivity contribution in [2.45, 2.75) is 12.8 Å². The van der Waals surface area contributed by atoms with Gasteiger partial charge in [-0.3, -0.25) is 4.79 Å². The van der Waals surface area contributed by atoms with Crippen molar-refractivity contribution in [3.63, 3.8) is 0 Å². The number of likely N-dealkylation sites (tertiary alicyclic amines) is 2. The maximum Gasteiger partial charge on any atom is 0.321 e. The second kappa shape index (κ2) is 7.82. The van der Waals surface area contributed by atoms with Gasteiger partial charge in [0, 0.05) is 50.1 Å². The average molecular weight is 363 g/mol. The Labute approximate surface area is 160 Å². The van der Waals surface area contributed by atoms with E-state index in [9.17, 15) is 9.59 Å². The number of fused-ring (bicyclic) bond motifs is 1. The van der Waals surface area contributed by atoms with Crippen molar-refractivity contribution in [1.82, 2.24) is 9.80 Å². The van der Waals surface area contributed by atoms with Crippen LogP contribution in [0.5, 0.6) is 0 Å². The minimum Gasteiger partial charge on any atom is -0.342 e. The van der Waals surface area contributed by atoms with E-state index in [0.717, 1.165) is 38.3 Å². The molecule has 2 atom stereocenters. The van der Waals surface area contributed by atoms with Gasteiger partial charge in [-0.05, 0) is 24.1 Å². The number of aryl methyl sites for hydroxylation is 1. The molecule has 27 heavy (non-hydrogen) atoms. The molecule has 2 fully saturated rings. The summed E-state index contributed by atoms with van der Waals surface area (Å²) < 4.78 is 0. The Kier molecular flexibility index (Phi) is 5.10. The molecule has 5 heteroatoms. The van der Waals surface area contributed by atoms with Crippen molar-refractivity contribution in [3.8, 4) is 0 Å². The van der Waals surface area contributed by atoms with Crippen LogP contribution in [0.3, 0.4) is 0 Å². The van der Waals surface area contributed by atoms with Gasteiger partial charge >= 0.3 is 6.03 Å². The van der Waals surface area contributed by atoms with Crippen molar-refractivity contribution in [3.05, 3.63) is 66.2 Å². The Morgan fingerprint density at radius 2 is 1.37 bits per heavy atom. The quantitative estimate of drug-likeness (QED) is 0.907. The monoisotopic (exact) mass is 363 g/mol. The predicted octanol–water partition coefficient (Wildman–Crippen LogP) is 3.24. The van der Waals surface area contributed by atoms with E-state index in [0.29, 0.717) is 18.3 Å². The lowest BCUT2D eigenvalue weighted by atomic mass is 10.0. The highest BCUT2D eigenvalue weighted by molar-refractivity contribution is 5.89. The van der Waals surface area contributed by atoms with Gasteiger partial charge in [0.05, 0.1) is 0 Å². The first-order valence-electron chi connectivity index (χ1n) is 9.62. The molecule has 2 saturated heterocycles. The molecule has 0 unspecified atom stereocenters. The molecule has 2 aromatic rings. The maximum absolute atomic E-state index is 12.5. The fourth-order valence-corrected chi connectivity index (χ4v) is 4.14. The van der Waals surface area contributed by atoms with Crippen molar-refractivity contribution in [2.24, 2.45) is 11.8 Å². The van der Waals surface area contributed by atoms with E-state index in [4.69, 9.17) is 0 Å². The summed E-state index contributed by atoms with van der Waals surface area (Å²) in [6, 6.07) is 19.6. The van der Waals surface area contributed by atoms with E-state index in [1.807, 2.05) is 58.3 Å². The van der Waals surface area contributed by atoms with Crippen LogP contribution in [0.15, 0.2) is 60.7 Å². The van der Waals surface area contributed by atoms with E-state index in [1.54, 1.807) is 0 Å². The highest BCUT2D eigenvalue weighted by atomic mass is 16.2. The zero-order chi connectivity index (χ0) is 18.6. The lowest BCUT2D eigenvalue weighted by Crippen LogP contribution is -2.37. The number of hydrogen-bond acceptors (Lipinski definition) is 2. The lowest BCUT2D eigenvalue weighted by Gasteiger charge is -2.22. The number of rotatable bonds is 4. The third-order valence-corrected chi connectivity index (χ3v) is 5.62. The second-order valence-electron chi connectivity index (χ2n) is 7.51. The molecule has 2 aliphatic rings. The molecular formula is C22H25N3O2. The van der Waals surface area contributed by atoms with E-state index >= 15 is 0 Å². The first-order chi connectivity index (χ1) is 13.2. The molecule has 140 valence electrons. The number of urea groups is 1. The summed E-state index contributed by atoms with van der Waals surface area (Å²) in [4.78, 5) is 28.9. The maximum atomic E-state index is 12.5. The molecule has 0 saturated carbocycles. The van der Waals surface area contributed by atoms with E-state index in [1.165, 1.54) is 5.56 Å². The Bertz CT molecular complexity index is 780. The van der Waals surface area contributed by atoms with Gasteiger partial charge in [-0.1, -0.05) is 48.5 Å². The van der Waals surface area contributed by atoms with Crippen molar-refractivity contribution in [1.29, 1.82) is 0 Å². The lowest BCUT2D eigenvalue weighted by molar-refractivity contribution is -0.130. The normalized spacial score (nSPS) is 21.2. The second-order valence-corrected chi connectivity index (χ2v) is 7.51. The summed E-state index contributed by atoms with van der Waals surface area (Å²) in [6.07, 6.45) is 1.35. The Morgan fingerprint density at radius 1 is 0.815 bits per heavy atom. The Morgan fingerprint density at radius 3 is 2.00 bits per heavy atom. The van der Waals surface area contributed by atoms with Gasteiger partial charge in [-0.2, -0.15) is 0 Å². The molecular weight excluding hydrogens is 338 g/mol. The van der Waals surface area contributed by atoms with Crippen LogP contribution in [0, 0.1) is 11.8 Å². The number of amides is 3. The van der Waals surface area contributed by atoms with Crippen LogP contribution in [-0.4, -0.2) is 47.9 Å². The molecule has 0 aliphatic carbocycles. The third kappa shape index (κ3) is 4.13. The number of hydrogen-bond donors (Lipinski definition) is 1. The molecule has 4 rings (SSSR count). The fourth-order valence-electron chi connectivity index (χ4n) is 4.14. The number of nitrogens with zero attached hydrogens (tertiary/aromatic N) is 2. The molecule has 5 nitrogen and oxygen atoms in total. The minimum atomic E-state index is -0.0439. The molecule has 0 bridgehead atoms. The van der Waals surface area contributed by atoms with Crippen LogP contribution in [-0.2, 0) is 11.2 Å². The summed E-state index contributed by atoms with van der Waals surface area (Å²) in [7, 11) is 0. The van der Waals surface area contributed by atoms with E-state index in [-0.39, 0.29) is 11.9 Å². The highest BCUT2D eigenvalue weighted by Crippen LogP contribution is 2.31. The fraction of sp³-hybridized carbons (Fsp3) is 0.364. The van der Waals surface area contributed by atoms with E-state index in [2.05, 4.69) is 17.4 Å². The van der Waals surface area contributed by atoms with Crippen molar-refractivity contribution >= 4 is 17.6 Å². The summed E-state index contributed by atoms with van der Waals surface area (Å²) >= 11 is 0. The van der Waals surface area contributed by atoms with Gasteiger partial charge in [-0.25, -0.2) is 4.79 Å². The molecule has 0 aromatic heterocycles. The van der Waals surface area contributed by atoms with Gasteiger partial charge in [0.25, 0.3) is 0 Å². The van der Waals surface area contributed by atoms with Gasteiger partial charge in [-0.15, -0.1) is 0 Å². The summed E-state index contributed by atoms with van der Waals surface area (Å²) in [5.41, 5.74) is 2.02. The third-order valence-electron chi connectivity index (χ3n) is 5.62. The van der Waals surface area contributed by atoms with Gasteiger partial charge in [0.2, 0.25) is 5.91 Å². The van der Waals surface area contributed by atoms with Crippen LogP contribution in [0.1, 0.15) is 12.0 Å². The molecule has 0 spiro atoms. The SMILES string of the molecule is O=C(CCc1ccccc1)N1C[C@H]2CN(C(=O)Nc3ccccc3)C[C@@H]2C1. The van der Waals surface area contributed by atoms with Crippen LogP contribution in [0.2, 0.25) is 0 Å². The van der Waals surface area contributed by atoms with Crippen LogP contribution < -0.4 is 5.32 Å². The molecule has 2 aromatic carbocycles. The van der Waals surface area contributed by atoms with Gasteiger partial charge < -0.3 is 15.1 Å². The van der Waals surface area contributed by atoms with Crippen molar-refractivity contribution < 1.29 is 9.59 Å². The zero-order valence-electron chi connectivity index (χ0n) is 15.4. The van der Waals surface area contributed by atoms with E-state index < -0.39 is 0 Å². The number of nitrogens with one attached hydrogen (secondary N) is 1. The molecule has 2 heterocycles. The first-order valence-corrected chi connectivity index (χ1v) is 9.62. The minimum absolute atomic E-state index is 0.0439. The zero-order valence-corrected chi connectivity index (χ0v) is 15.4. The van der Waals surface area contributed by atoms with Crippen LogP contribution in [0.25, 0.3) is 0 Å². The largest absolute Gasteiger partial charge is 0.342 e. The molecule has 0 radical (unpaired) electrons. The van der Waals surface area contributed by atoms with Gasteiger partial charge in [0.1, 0.15) is 0 Å². The number of benzene rings is 2. The average Bonchev–Trinajstić information content (AvgIpc) is 3.27. The topological polar surface area (TPSA) is 52.7 Å². The Balaban J connectivity index is 1.25. The number of anilines is 1. The summed E-state index contributed by atoms with van der Waals surface area (Å²) in [5.74, 6) is 1.02. The first kappa shape index (κ1) is 17.6. The van der Waals surface area contributed by atoms with Crippen LogP contribution >= 0.6 is 0 Å². The van der Waals surface area contributed by atoms with Crippen molar-refractivity contribution in [2.75, 3.05) is 31.5 Å². The standard InChI is InChI=1S/C22H25N3O2/c26-21(12-11-17-7-3-1-4-8-17)24-13-18-15-25(16-19(18)14-24)22(27)23-20-9-5-2-6-10-20/h1-10,18-19H,11-16H2,(H,23,27)/t18-,19-/m0/s1. The highest BCUT2D eigenvalue weighted by Gasteiger charge is 2.42. The Hall–Kier alpha value is -2.82. The molecule has 3 amide bonds. The number of carbonyl (C=O) groups excluding carboxylic acids is 2. The molecule has 1 N–H and O–H groups in total.